The number of rotatable bonds is 4. The van der Waals surface area contributed by atoms with Crippen molar-refractivity contribution in [2.24, 2.45) is 11.3 Å². The Labute approximate surface area is 73.7 Å². The van der Waals surface area contributed by atoms with Crippen LogP contribution < -0.4 is 0 Å². The molecule has 72 valence electrons. The highest BCUT2D eigenvalue weighted by Gasteiger charge is 2.21. The number of carbonyl (C=O) groups excluding carboxylic acids is 1. The molecule has 2 unspecified atom stereocenters. The summed E-state index contributed by atoms with van der Waals surface area (Å²) in [5, 5.41) is 9.23. The predicted molar refractivity (Wildman–Crippen MR) is 46.4 cm³/mol. The molecule has 0 rings (SSSR count). The number of hydrogen-bond acceptors (Lipinski definition) is 3. The summed E-state index contributed by atoms with van der Waals surface area (Å²) in [6.45, 7) is 8.38. The standard InChI is InChI=1S/C9H18O3/c1-7(5-9(2,3)4)8(11)12-6-10/h6-8,11H,5H2,1-4H3. The number of aliphatic hydroxyl groups is 1. The maximum absolute atomic E-state index is 9.90. The summed E-state index contributed by atoms with van der Waals surface area (Å²) in [6, 6.07) is 0. The third-order valence-corrected chi connectivity index (χ3v) is 1.62. The lowest BCUT2D eigenvalue weighted by atomic mass is 9.85. The van der Waals surface area contributed by atoms with E-state index in [1.54, 1.807) is 0 Å². The molecule has 12 heavy (non-hydrogen) atoms. The Hall–Kier alpha value is -0.570. The van der Waals surface area contributed by atoms with Crippen molar-refractivity contribution in [1.82, 2.24) is 0 Å². The highest BCUT2D eigenvalue weighted by Crippen LogP contribution is 2.25. The minimum absolute atomic E-state index is 0.0183. The second-order valence-corrected chi connectivity index (χ2v) is 4.36. The summed E-state index contributed by atoms with van der Waals surface area (Å²) in [5.74, 6) is -0.0183. The van der Waals surface area contributed by atoms with Crippen LogP contribution in [-0.2, 0) is 9.53 Å². The molecule has 0 aliphatic heterocycles. The molecule has 0 spiro atoms. The van der Waals surface area contributed by atoms with E-state index >= 15 is 0 Å². The van der Waals surface area contributed by atoms with Crippen molar-refractivity contribution in [3.05, 3.63) is 0 Å². The van der Waals surface area contributed by atoms with E-state index in [4.69, 9.17) is 0 Å². The van der Waals surface area contributed by atoms with Crippen molar-refractivity contribution in [3.8, 4) is 0 Å². The fourth-order valence-corrected chi connectivity index (χ4v) is 1.26. The summed E-state index contributed by atoms with van der Waals surface area (Å²) < 4.78 is 4.42. The van der Waals surface area contributed by atoms with Gasteiger partial charge in [-0.05, 0) is 11.8 Å². The van der Waals surface area contributed by atoms with Crippen LogP contribution in [0, 0.1) is 11.3 Å². The van der Waals surface area contributed by atoms with Crippen LogP contribution in [0.2, 0.25) is 0 Å². The van der Waals surface area contributed by atoms with Gasteiger partial charge in [0.25, 0.3) is 6.47 Å². The molecule has 0 heterocycles. The number of hydrogen-bond donors (Lipinski definition) is 1. The van der Waals surface area contributed by atoms with Gasteiger partial charge in [-0.1, -0.05) is 27.7 Å². The summed E-state index contributed by atoms with van der Waals surface area (Å²) in [7, 11) is 0. The zero-order chi connectivity index (χ0) is 9.78. The van der Waals surface area contributed by atoms with Gasteiger partial charge in [-0.15, -0.1) is 0 Å². The molecule has 2 atom stereocenters. The predicted octanol–water partition coefficient (Wildman–Crippen LogP) is 1.55. The molecule has 3 nitrogen and oxygen atoms in total. The Morgan fingerprint density at radius 2 is 2.00 bits per heavy atom. The zero-order valence-corrected chi connectivity index (χ0v) is 8.20. The Morgan fingerprint density at radius 3 is 2.33 bits per heavy atom. The first-order valence-electron chi connectivity index (χ1n) is 4.14. The van der Waals surface area contributed by atoms with E-state index in [0.29, 0.717) is 0 Å². The largest absolute Gasteiger partial charge is 0.438 e. The minimum Gasteiger partial charge on any atom is -0.438 e. The molecule has 0 bridgehead atoms. The van der Waals surface area contributed by atoms with Crippen molar-refractivity contribution < 1.29 is 14.6 Å². The normalized spacial score (nSPS) is 16.8. The summed E-state index contributed by atoms with van der Waals surface area (Å²) in [6.07, 6.45) is -0.149. The molecule has 0 saturated carbocycles. The van der Waals surface area contributed by atoms with Gasteiger partial charge in [0.1, 0.15) is 0 Å². The lowest BCUT2D eigenvalue weighted by Crippen LogP contribution is -2.25. The van der Waals surface area contributed by atoms with Crippen molar-refractivity contribution in [3.63, 3.8) is 0 Å². The number of aliphatic hydroxyl groups excluding tert-OH is 1. The molecule has 0 aromatic rings. The van der Waals surface area contributed by atoms with E-state index in [2.05, 4.69) is 25.5 Å². The van der Waals surface area contributed by atoms with Crippen molar-refractivity contribution in [2.75, 3.05) is 0 Å². The zero-order valence-electron chi connectivity index (χ0n) is 8.20. The first-order valence-corrected chi connectivity index (χ1v) is 4.14. The van der Waals surface area contributed by atoms with Crippen LogP contribution in [0.3, 0.4) is 0 Å². The minimum atomic E-state index is -0.971. The molecule has 0 amide bonds. The summed E-state index contributed by atoms with van der Waals surface area (Å²) in [5.41, 5.74) is 0.145. The Bertz CT molecular complexity index is 137. The summed E-state index contributed by atoms with van der Waals surface area (Å²) in [4.78, 5) is 9.90. The second-order valence-electron chi connectivity index (χ2n) is 4.36. The topological polar surface area (TPSA) is 46.5 Å². The monoisotopic (exact) mass is 174 g/mol. The third kappa shape index (κ3) is 5.13. The van der Waals surface area contributed by atoms with Crippen LogP contribution in [0.1, 0.15) is 34.1 Å². The molecular formula is C9H18O3. The van der Waals surface area contributed by atoms with E-state index in [-0.39, 0.29) is 17.8 Å². The summed E-state index contributed by atoms with van der Waals surface area (Å²) >= 11 is 0. The van der Waals surface area contributed by atoms with Gasteiger partial charge in [0, 0.05) is 5.92 Å². The first kappa shape index (κ1) is 11.4. The van der Waals surface area contributed by atoms with Gasteiger partial charge in [0.05, 0.1) is 0 Å². The molecule has 3 heteroatoms. The third-order valence-electron chi connectivity index (χ3n) is 1.62. The van der Waals surface area contributed by atoms with Gasteiger partial charge >= 0.3 is 0 Å². The Kier molecular flexibility index (Phi) is 4.24. The molecule has 0 radical (unpaired) electrons. The molecule has 0 aliphatic carbocycles. The fourth-order valence-electron chi connectivity index (χ4n) is 1.26. The number of carbonyl (C=O) groups is 1. The van der Waals surface area contributed by atoms with E-state index in [1.165, 1.54) is 0 Å². The highest BCUT2D eigenvalue weighted by atomic mass is 16.6. The van der Waals surface area contributed by atoms with Gasteiger partial charge in [-0.2, -0.15) is 0 Å². The SMILES string of the molecule is CC(CC(C)(C)C)C(O)OC=O. The van der Waals surface area contributed by atoms with E-state index in [0.717, 1.165) is 6.42 Å². The quantitative estimate of drug-likeness (QED) is 0.519. The van der Waals surface area contributed by atoms with Crippen molar-refractivity contribution >= 4 is 6.47 Å². The molecule has 0 aliphatic rings. The van der Waals surface area contributed by atoms with Gasteiger partial charge in [-0.25, -0.2) is 0 Å². The first-order chi connectivity index (χ1) is 5.37. The Balaban J connectivity index is 3.86. The maximum atomic E-state index is 9.90. The molecule has 0 aromatic carbocycles. The maximum Gasteiger partial charge on any atom is 0.295 e. The molecule has 1 N–H and O–H groups in total. The van der Waals surface area contributed by atoms with Crippen LogP contribution in [-0.4, -0.2) is 17.9 Å². The average Bonchev–Trinajstić information content (AvgIpc) is 1.84. The van der Waals surface area contributed by atoms with Crippen LogP contribution >= 0.6 is 0 Å². The van der Waals surface area contributed by atoms with Crippen LogP contribution in [0.25, 0.3) is 0 Å². The van der Waals surface area contributed by atoms with Gasteiger partial charge in [0.2, 0.25) is 6.29 Å². The van der Waals surface area contributed by atoms with E-state index in [1.807, 2.05) is 6.92 Å². The second kappa shape index (κ2) is 4.45. The average molecular weight is 174 g/mol. The van der Waals surface area contributed by atoms with Crippen molar-refractivity contribution in [1.29, 1.82) is 0 Å². The molecule has 0 fully saturated rings. The fraction of sp³-hybridized carbons (Fsp3) is 0.889. The molecule has 0 aromatic heterocycles. The van der Waals surface area contributed by atoms with E-state index < -0.39 is 6.29 Å². The van der Waals surface area contributed by atoms with Crippen LogP contribution in [0.5, 0.6) is 0 Å². The lowest BCUT2D eigenvalue weighted by molar-refractivity contribution is -0.162. The van der Waals surface area contributed by atoms with Crippen LogP contribution in [0.4, 0.5) is 0 Å². The van der Waals surface area contributed by atoms with E-state index in [9.17, 15) is 9.90 Å². The highest BCUT2D eigenvalue weighted by molar-refractivity contribution is 5.37. The molecule has 0 saturated heterocycles. The Morgan fingerprint density at radius 1 is 1.50 bits per heavy atom. The smallest absolute Gasteiger partial charge is 0.295 e. The van der Waals surface area contributed by atoms with Crippen LogP contribution in [0.15, 0.2) is 0 Å². The van der Waals surface area contributed by atoms with Gasteiger partial charge in [-0.3, -0.25) is 4.79 Å². The van der Waals surface area contributed by atoms with Gasteiger partial charge in [0.15, 0.2) is 0 Å². The van der Waals surface area contributed by atoms with Gasteiger partial charge < -0.3 is 9.84 Å². The lowest BCUT2D eigenvalue weighted by Gasteiger charge is -2.25. The number of ether oxygens (including phenoxy) is 1. The molecular weight excluding hydrogens is 156 g/mol. The van der Waals surface area contributed by atoms with Crippen molar-refractivity contribution in [2.45, 2.75) is 40.4 Å².